The summed E-state index contributed by atoms with van der Waals surface area (Å²) in [5.74, 6) is 0. The number of rotatable bonds is 2. The topological polar surface area (TPSA) is 64.3 Å². The lowest BCUT2D eigenvalue weighted by Crippen LogP contribution is -2.08. The largest absolute Gasteiger partial charge is 0.390 e. The fraction of sp³-hybridized carbons (Fsp3) is 0.364. The maximum absolute atomic E-state index is 9.63. The van der Waals surface area contributed by atoms with Crippen LogP contribution in [0.2, 0.25) is 0 Å². The summed E-state index contributed by atoms with van der Waals surface area (Å²) in [7, 11) is 0. The molecule has 0 amide bonds. The molecule has 3 heteroatoms. The molecular formula is C11H13NO2. The molecule has 2 rings (SSSR count). The molecule has 0 saturated heterocycles. The SMILES string of the molecule is N=C(CO)c1cccc2c1CC[C@@H]2O. The van der Waals surface area contributed by atoms with Crippen molar-refractivity contribution in [2.24, 2.45) is 0 Å². The number of benzene rings is 1. The van der Waals surface area contributed by atoms with Gasteiger partial charge < -0.3 is 15.6 Å². The number of hydrogen-bond acceptors (Lipinski definition) is 3. The van der Waals surface area contributed by atoms with E-state index in [1.54, 1.807) is 0 Å². The second-order valence-electron chi connectivity index (χ2n) is 3.56. The van der Waals surface area contributed by atoms with Gasteiger partial charge in [0.2, 0.25) is 0 Å². The molecule has 0 saturated carbocycles. The molecule has 0 heterocycles. The average Bonchev–Trinajstić information content (AvgIpc) is 2.59. The van der Waals surface area contributed by atoms with Gasteiger partial charge in [0.05, 0.1) is 18.4 Å². The van der Waals surface area contributed by atoms with Gasteiger partial charge in [0.15, 0.2) is 0 Å². The van der Waals surface area contributed by atoms with Gasteiger partial charge in [0.25, 0.3) is 0 Å². The van der Waals surface area contributed by atoms with E-state index in [4.69, 9.17) is 10.5 Å². The van der Waals surface area contributed by atoms with Crippen LogP contribution in [0.15, 0.2) is 18.2 Å². The van der Waals surface area contributed by atoms with Gasteiger partial charge in [-0.3, -0.25) is 0 Å². The van der Waals surface area contributed by atoms with Crippen LogP contribution in [-0.4, -0.2) is 22.5 Å². The molecule has 1 atom stereocenters. The van der Waals surface area contributed by atoms with Crippen LogP contribution in [0.5, 0.6) is 0 Å². The van der Waals surface area contributed by atoms with Crippen LogP contribution >= 0.6 is 0 Å². The number of fused-ring (bicyclic) bond motifs is 1. The van der Waals surface area contributed by atoms with Crippen LogP contribution in [-0.2, 0) is 6.42 Å². The Kier molecular flexibility index (Phi) is 2.35. The van der Waals surface area contributed by atoms with Gasteiger partial charge in [-0.2, -0.15) is 0 Å². The van der Waals surface area contributed by atoms with E-state index in [1.807, 2.05) is 18.2 Å². The Balaban J connectivity index is 2.49. The van der Waals surface area contributed by atoms with Gasteiger partial charge in [0, 0.05) is 5.56 Å². The first-order valence-corrected chi connectivity index (χ1v) is 4.72. The molecule has 3 N–H and O–H groups in total. The van der Waals surface area contributed by atoms with Crippen molar-refractivity contribution in [1.82, 2.24) is 0 Å². The highest BCUT2D eigenvalue weighted by Gasteiger charge is 2.23. The van der Waals surface area contributed by atoms with Crippen LogP contribution in [0.3, 0.4) is 0 Å². The molecule has 0 spiro atoms. The van der Waals surface area contributed by atoms with E-state index in [2.05, 4.69) is 0 Å². The van der Waals surface area contributed by atoms with E-state index in [1.165, 1.54) is 0 Å². The van der Waals surface area contributed by atoms with Gasteiger partial charge in [-0.25, -0.2) is 0 Å². The summed E-state index contributed by atoms with van der Waals surface area (Å²) in [4.78, 5) is 0. The molecule has 1 aliphatic carbocycles. The fourth-order valence-corrected chi connectivity index (χ4v) is 2.00. The quantitative estimate of drug-likeness (QED) is 0.611. The van der Waals surface area contributed by atoms with Crippen molar-refractivity contribution in [3.63, 3.8) is 0 Å². The maximum Gasteiger partial charge on any atom is 0.0852 e. The molecule has 14 heavy (non-hydrogen) atoms. The minimum atomic E-state index is -0.392. The van der Waals surface area contributed by atoms with Crippen LogP contribution < -0.4 is 0 Å². The van der Waals surface area contributed by atoms with Gasteiger partial charge in [-0.05, 0) is 24.0 Å². The van der Waals surface area contributed by atoms with Crippen molar-refractivity contribution in [3.8, 4) is 0 Å². The number of hydrogen-bond donors (Lipinski definition) is 3. The van der Waals surface area contributed by atoms with E-state index in [0.29, 0.717) is 0 Å². The summed E-state index contributed by atoms with van der Waals surface area (Å²) in [5, 5.41) is 26.1. The Hall–Kier alpha value is -1.19. The minimum absolute atomic E-state index is 0.232. The van der Waals surface area contributed by atoms with Crippen LogP contribution in [0.4, 0.5) is 0 Å². The number of aliphatic hydroxyl groups excluding tert-OH is 2. The van der Waals surface area contributed by atoms with E-state index in [0.717, 1.165) is 29.5 Å². The molecule has 3 nitrogen and oxygen atoms in total. The minimum Gasteiger partial charge on any atom is -0.390 e. The summed E-state index contributed by atoms with van der Waals surface area (Å²) >= 11 is 0. The Morgan fingerprint density at radius 1 is 1.50 bits per heavy atom. The number of nitrogens with one attached hydrogen (secondary N) is 1. The summed E-state index contributed by atoms with van der Waals surface area (Å²) in [6, 6.07) is 5.55. The van der Waals surface area contributed by atoms with Crippen molar-refractivity contribution in [2.45, 2.75) is 18.9 Å². The Morgan fingerprint density at radius 2 is 2.29 bits per heavy atom. The van der Waals surface area contributed by atoms with Crippen molar-refractivity contribution in [3.05, 3.63) is 34.9 Å². The molecule has 0 bridgehead atoms. The van der Waals surface area contributed by atoms with E-state index < -0.39 is 6.10 Å². The van der Waals surface area contributed by atoms with Crippen LogP contribution in [0, 0.1) is 5.41 Å². The van der Waals surface area contributed by atoms with Crippen LogP contribution in [0.1, 0.15) is 29.2 Å². The first-order valence-electron chi connectivity index (χ1n) is 4.72. The number of aliphatic hydroxyl groups is 2. The average molecular weight is 191 g/mol. The zero-order chi connectivity index (χ0) is 10.1. The first kappa shape index (κ1) is 9.37. The Labute approximate surface area is 82.5 Å². The summed E-state index contributed by atoms with van der Waals surface area (Å²) in [5.41, 5.74) is 2.96. The zero-order valence-electron chi connectivity index (χ0n) is 7.83. The standard InChI is InChI=1S/C11H13NO2/c12-10(6-13)8-2-1-3-9-7(8)4-5-11(9)14/h1-3,11-14H,4-6H2/t11-/m0/s1. The molecule has 0 radical (unpaired) electrons. The third-order valence-electron chi connectivity index (χ3n) is 2.72. The van der Waals surface area contributed by atoms with E-state index in [-0.39, 0.29) is 12.3 Å². The second kappa shape index (κ2) is 3.52. The third-order valence-corrected chi connectivity index (χ3v) is 2.72. The second-order valence-corrected chi connectivity index (χ2v) is 3.56. The van der Waals surface area contributed by atoms with Crippen molar-refractivity contribution in [2.75, 3.05) is 6.61 Å². The van der Waals surface area contributed by atoms with Crippen molar-refractivity contribution < 1.29 is 10.2 Å². The molecule has 1 aromatic rings. The van der Waals surface area contributed by atoms with Crippen molar-refractivity contribution in [1.29, 1.82) is 5.41 Å². The van der Waals surface area contributed by atoms with Crippen molar-refractivity contribution >= 4 is 5.71 Å². The molecule has 0 fully saturated rings. The molecule has 0 aliphatic heterocycles. The van der Waals surface area contributed by atoms with Gasteiger partial charge >= 0.3 is 0 Å². The predicted molar refractivity (Wildman–Crippen MR) is 53.6 cm³/mol. The Bertz CT molecular complexity index is 374. The highest BCUT2D eigenvalue weighted by atomic mass is 16.3. The maximum atomic E-state index is 9.63. The highest BCUT2D eigenvalue weighted by Crippen LogP contribution is 2.33. The summed E-state index contributed by atoms with van der Waals surface area (Å²) in [6.45, 7) is -0.244. The molecule has 0 aromatic heterocycles. The Morgan fingerprint density at radius 3 is 3.00 bits per heavy atom. The summed E-state index contributed by atoms with van der Waals surface area (Å²) in [6.07, 6.45) is 1.14. The van der Waals surface area contributed by atoms with E-state index in [9.17, 15) is 5.11 Å². The normalized spacial score (nSPS) is 19.4. The third kappa shape index (κ3) is 1.35. The van der Waals surface area contributed by atoms with Gasteiger partial charge in [0.1, 0.15) is 0 Å². The first-order chi connectivity index (χ1) is 6.74. The zero-order valence-corrected chi connectivity index (χ0v) is 7.83. The lowest BCUT2D eigenvalue weighted by Gasteiger charge is -2.08. The molecule has 1 aliphatic rings. The van der Waals surface area contributed by atoms with E-state index >= 15 is 0 Å². The molecular weight excluding hydrogens is 178 g/mol. The smallest absolute Gasteiger partial charge is 0.0852 e. The summed E-state index contributed by atoms with van der Waals surface area (Å²) < 4.78 is 0. The fourth-order valence-electron chi connectivity index (χ4n) is 2.00. The molecule has 1 aromatic carbocycles. The van der Waals surface area contributed by atoms with Gasteiger partial charge in [-0.1, -0.05) is 18.2 Å². The van der Waals surface area contributed by atoms with Crippen LogP contribution in [0.25, 0.3) is 0 Å². The molecule has 0 unspecified atom stereocenters. The lowest BCUT2D eigenvalue weighted by atomic mass is 9.99. The van der Waals surface area contributed by atoms with Gasteiger partial charge in [-0.15, -0.1) is 0 Å². The highest BCUT2D eigenvalue weighted by molar-refractivity contribution is 6.00. The predicted octanol–water partition coefficient (Wildman–Crippen LogP) is 1.03. The lowest BCUT2D eigenvalue weighted by molar-refractivity contribution is 0.180. The monoisotopic (exact) mass is 191 g/mol. The molecule has 74 valence electrons.